The average molecular weight is 277 g/mol. The van der Waals surface area contributed by atoms with Crippen LogP contribution in [-0.2, 0) is 13.0 Å². The molecule has 3 nitrogen and oxygen atoms in total. The molecule has 0 radical (unpaired) electrons. The summed E-state index contributed by atoms with van der Waals surface area (Å²) in [5.41, 5.74) is 0.558. The quantitative estimate of drug-likeness (QED) is 0.854. The van der Waals surface area contributed by atoms with E-state index in [2.05, 4.69) is 21.7 Å². The Morgan fingerprint density at radius 1 is 1.21 bits per heavy atom. The first kappa shape index (κ1) is 12.1. The third kappa shape index (κ3) is 1.91. The van der Waals surface area contributed by atoms with E-state index >= 15 is 0 Å². The first-order chi connectivity index (χ1) is 9.17. The van der Waals surface area contributed by atoms with E-state index in [0.29, 0.717) is 5.41 Å². The second-order valence-electron chi connectivity index (χ2n) is 7.28. The van der Waals surface area contributed by atoms with Crippen LogP contribution in [0.2, 0.25) is 0 Å². The first-order valence-electron chi connectivity index (χ1n) is 7.81. The van der Waals surface area contributed by atoms with Crippen molar-refractivity contribution < 1.29 is 0 Å². The van der Waals surface area contributed by atoms with Gasteiger partial charge in [0.1, 0.15) is 5.82 Å². The molecule has 4 aliphatic carbocycles. The van der Waals surface area contributed by atoms with Crippen LogP contribution >= 0.6 is 12.2 Å². The Morgan fingerprint density at radius 2 is 1.79 bits per heavy atom. The molecule has 0 aromatic carbocycles. The van der Waals surface area contributed by atoms with E-state index < -0.39 is 0 Å². The second kappa shape index (κ2) is 4.18. The van der Waals surface area contributed by atoms with Crippen molar-refractivity contribution in [1.29, 1.82) is 0 Å². The monoisotopic (exact) mass is 277 g/mol. The van der Waals surface area contributed by atoms with Crippen LogP contribution < -0.4 is 0 Å². The van der Waals surface area contributed by atoms with Gasteiger partial charge in [-0.15, -0.1) is 0 Å². The highest BCUT2D eigenvalue weighted by molar-refractivity contribution is 7.71. The van der Waals surface area contributed by atoms with Crippen molar-refractivity contribution in [3.8, 4) is 0 Å². The molecule has 5 rings (SSSR count). The summed E-state index contributed by atoms with van der Waals surface area (Å²) in [5.74, 6) is 4.25. The summed E-state index contributed by atoms with van der Waals surface area (Å²) in [6.07, 6.45) is 10.0. The Kier molecular flexibility index (Phi) is 2.66. The smallest absolute Gasteiger partial charge is 0.195 e. The highest BCUT2D eigenvalue weighted by Gasteiger charge is 2.51. The number of rotatable bonds is 3. The Balaban J connectivity index is 1.64. The minimum Gasteiger partial charge on any atom is -0.304 e. The van der Waals surface area contributed by atoms with E-state index in [-0.39, 0.29) is 0 Å². The molecule has 19 heavy (non-hydrogen) atoms. The van der Waals surface area contributed by atoms with Crippen LogP contribution in [0.1, 0.15) is 51.3 Å². The van der Waals surface area contributed by atoms with Crippen LogP contribution in [0.25, 0.3) is 0 Å². The maximum absolute atomic E-state index is 5.33. The van der Waals surface area contributed by atoms with Gasteiger partial charge in [-0.25, -0.2) is 0 Å². The summed E-state index contributed by atoms with van der Waals surface area (Å²) >= 11 is 5.33. The SMILES string of the molecule is CCn1c(CC23CC4CC(CC(C4)C2)C3)n[nH]c1=S. The number of H-pyrrole nitrogens is 1. The predicted molar refractivity (Wildman–Crippen MR) is 77.4 cm³/mol. The standard InChI is InChI=1S/C15H23N3S/c1-2-18-13(16-17-14(18)19)9-15-6-10-3-11(7-15)5-12(4-10)8-15/h10-12H,2-9H2,1H3,(H,17,19). The minimum absolute atomic E-state index is 0.558. The van der Waals surface area contributed by atoms with Gasteiger partial charge in [-0.05, 0) is 80.8 Å². The van der Waals surface area contributed by atoms with Crippen molar-refractivity contribution in [2.75, 3.05) is 0 Å². The summed E-state index contributed by atoms with van der Waals surface area (Å²) in [7, 11) is 0. The van der Waals surface area contributed by atoms with Gasteiger partial charge in [-0.3, -0.25) is 5.10 Å². The number of nitrogens with one attached hydrogen (secondary N) is 1. The highest BCUT2D eigenvalue weighted by Crippen LogP contribution is 2.60. The lowest BCUT2D eigenvalue weighted by Crippen LogP contribution is -2.47. The molecule has 4 saturated carbocycles. The topological polar surface area (TPSA) is 33.6 Å². The van der Waals surface area contributed by atoms with Crippen molar-refractivity contribution in [3.63, 3.8) is 0 Å². The number of hydrogen-bond acceptors (Lipinski definition) is 2. The predicted octanol–water partition coefficient (Wildman–Crippen LogP) is 3.72. The van der Waals surface area contributed by atoms with Crippen molar-refractivity contribution in [1.82, 2.24) is 14.8 Å². The highest BCUT2D eigenvalue weighted by atomic mass is 32.1. The summed E-state index contributed by atoms with van der Waals surface area (Å²) in [4.78, 5) is 0. The third-order valence-electron chi connectivity index (χ3n) is 5.85. The van der Waals surface area contributed by atoms with Crippen molar-refractivity contribution in [2.45, 2.75) is 58.4 Å². The van der Waals surface area contributed by atoms with Crippen LogP contribution in [0, 0.1) is 27.9 Å². The largest absolute Gasteiger partial charge is 0.304 e. The van der Waals surface area contributed by atoms with Crippen LogP contribution in [0.4, 0.5) is 0 Å². The van der Waals surface area contributed by atoms with Gasteiger partial charge in [0.15, 0.2) is 4.77 Å². The molecule has 0 atom stereocenters. The lowest BCUT2D eigenvalue weighted by atomic mass is 9.49. The zero-order chi connectivity index (χ0) is 13.0. The maximum Gasteiger partial charge on any atom is 0.195 e. The number of hydrogen-bond donors (Lipinski definition) is 1. The third-order valence-corrected chi connectivity index (χ3v) is 6.16. The molecule has 0 saturated heterocycles. The number of aromatic amines is 1. The summed E-state index contributed by atoms with van der Waals surface area (Å²) in [6, 6.07) is 0. The lowest BCUT2D eigenvalue weighted by Gasteiger charge is -2.56. The van der Waals surface area contributed by atoms with Crippen LogP contribution in [0.15, 0.2) is 0 Å². The van der Waals surface area contributed by atoms with E-state index in [0.717, 1.165) is 35.5 Å². The van der Waals surface area contributed by atoms with Crippen molar-refractivity contribution in [2.24, 2.45) is 23.2 Å². The molecule has 0 amide bonds. The normalized spacial score (nSPS) is 39.9. The van der Waals surface area contributed by atoms with Gasteiger partial charge in [0.05, 0.1) is 0 Å². The molecular weight excluding hydrogens is 254 g/mol. The molecule has 1 heterocycles. The molecule has 0 aliphatic heterocycles. The van der Waals surface area contributed by atoms with Gasteiger partial charge in [-0.2, -0.15) is 5.10 Å². The zero-order valence-electron chi connectivity index (χ0n) is 11.7. The second-order valence-corrected chi connectivity index (χ2v) is 7.67. The number of aromatic nitrogens is 3. The van der Waals surface area contributed by atoms with Crippen LogP contribution in [0.3, 0.4) is 0 Å². The van der Waals surface area contributed by atoms with E-state index in [1.54, 1.807) is 0 Å². The molecular formula is C15H23N3S. The number of nitrogens with zero attached hydrogens (tertiary/aromatic N) is 2. The van der Waals surface area contributed by atoms with Gasteiger partial charge in [-0.1, -0.05) is 0 Å². The van der Waals surface area contributed by atoms with E-state index in [9.17, 15) is 0 Å². The Bertz CT molecular complexity index is 507. The Hall–Kier alpha value is -0.640. The van der Waals surface area contributed by atoms with Crippen molar-refractivity contribution in [3.05, 3.63) is 10.6 Å². The molecule has 0 unspecified atom stereocenters. The molecule has 1 aromatic heterocycles. The van der Waals surface area contributed by atoms with Gasteiger partial charge in [0.25, 0.3) is 0 Å². The summed E-state index contributed by atoms with van der Waals surface area (Å²) < 4.78 is 2.98. The van der Waals surface area contributed by atoms with Crippen molar-refractivity contribution >= 4 is 12.2 Å². The molecule has 104 valence electrons. The lowest BCUT2D eigenvalue weighted by molar-refractivity contribution is -0.0535. The molecule has 4 fully saturated rings. The molecule has 1 N–H and O–H groups in total. The molecule has 0 spiro atoms. The van der Waals surface area contributed by atoms with Crippen LogP contribution in [0.5, 0.6) is 0 Å². The zero-order valence-corrected chi connectivity index (χ0v) is 12.5. The van der Waals surface area contributed by atoms with E-state index in [1.807, 2.05) is 0 Å². The minimum atomic E-state index is 0.558. The van der Waals surface area contributed by atoms with Gasteiger partial charge in [0.2, 0.25) is 0 Å². The fourth-order valence-corrected chi connectivity index (χ4v) is 5.93. The molecule has 4 aliphatic rings. The Labute approximate surface area is 119 Å². The van der Waals surface area contributed by atoms with Gasteiger partial charge in [0, 0.05) is 13.0 Å². The fraction of sp³-hybridized carbons (Fsp3) is 0.867. The fourth-order valence-electron chi connectivity index (χ4n) is 5.65. The van der Waals surface area contributed by atoms with E-state index in [1.165, 1.54) is 44.3 Å². The molecule has 4 heteroatoms. The summed E-state index contributed by atoms with van der Waals surface area (Å²) in [5, 5.41) is 7.49. The maximum atomic E-state index is 5.33. The summed E-state index contributed by atoms with van der Waals surface area (Å²) in [6.45, 7) is 3.10. The van der Waals surface area contributed by atoms with Crippen LogP contribution in [-0.4, -0.2) is 14.8 Å². The Morgan fingerprint density at radius 3 is 2.32 bits per heavy atom. The van der Waals surface area contributed by atoms with Gasteiger partial charge < -0.3 is 4.57 Å². The first-order valence-corrected chi connectivity index (χ1v) is 8.22. The average Bonchev–Trinajstić information content (AvgIpc) is 2.67. The molecule has 4 bridgehead atoms. The van der Waals surface area contributed by atoms with E-state index in [4.69, 9.17) is 12.2 Å². The van der Waals surface area contributed by atoms with Gasteiger partial charge >= 0.3 is 0 Å². The molecule has 1 aromatic rings.